The number of nitrogens with one attached hydrogen (secondary N) is 1. The quantitative estimate of drug-likeness (QED) is 0.396. The van der Waals surface area contributed by atoms with E-state index in [0.717, 1.165) is 12.5 Å². The van der Waals surface area contributed by atoms with Crippen molar-refractivity contribution in [2.75, 3.05) is 11.9 Å². The molecule has 1 aliphatic rings. The number of fused-ring (bicyclic) bond motifs is 1. The lowest BCUT2D eigenvalue weighted by Crippen LogP contribution is -2.09. The fourth-order valence-electron chi connectivity index (χ4n) is 2.75. The number of ether oxygens (including phenoxy) is 2. The van der Waals surface area contributed by atoms with Crippen LogP contribution in [0.5, 0.6) is 0 Å². The van der Waals surface area contributed by atoms with Crippen LogP contribution in [0.3, 0.4) is 0 Å². The minimum absolute atomic E-state index is 0.179. The Balaban J connectivity index is 2.08. The molecular formula is C20H17NO5. The lowest BCUT2D eigenvalue weighted by molar-refractivity contribution is -0.135. The predicted molar refractivity (Wildman–Crippen MR) is 96.1 cm³/mol. The van der Waals surface area contributed by atoms with Gasteiger partial charge in [0.15, 0.2) is 0 Å². The number of benzene rings is 2. The molecule has 0 saturated carbocycles. The molecule has 0 bridgehead atoms. The second kappa shape index (κ2) is 7.23. The Labute approximate surface area is 150 Å². The van der Waals surface area contributed by atoms with Crippen molar-refractivity contribution < 1.29 is 23.9 Å². The summed E-state index contributed by atoms with van der Waals surface area (Å²) in [5, 5.41) is 2.74. The Bertz CT molecular complexity index is 915. The SMILES string of the molecule is CCO/C(=C1\C(=O)Nc2cc(C(=O)OC(C)=O)ccc21)c1ccccc1. The van der Waals surface area contributed by atoms with Gasteiger partial charge in [0.2, 0.25) is 0 Å². The average Bonchev–Trinajstić information content (AvgIpc) is 2.94. The molecule has 0 aliphatic carbocycles. The van der Waals surface area contributed by atoms with Crippen LogP contribution >= 0.6 is 0 Å². The number of hydrogen-bond acceptors (Lipinski definition) is 5. The third-order valence-electron chi connectivity index (χ3n) is 3.79. The van der Waals surface area contributed by atoms with Crippen molar-refractivity contribution in [1.29, 1.82) is 0 Å². The molecule has 0 radical (unpaired) electrons. The highest BCUT2D eigenvalue weighted by Crippen LogP contribution is 2.38. The first-order chi connectivity index (χ1) is 12.5. The Morgan fingerprint density at radius 2 is 1.77 bits per heavy atom. The van der Waals surface area contributed by atoms with E-state index in [1.807, 2.05) is 37.3 Å². The molecule has 2 aromatic carbocycles. The smallest absolute Gasteiger partial charge is 0.345 e. The molecule has 0 fully saturated rings. The van der Waals surface area contributed by atoms with Crippen LogP contribution in [0.15, 0.2) is 48.5 Å². The molecule has 6 nitrogen and oxygen atoms in total. The molecule has 1 heterocycles. The van der Waals surface area contributed by atoms with Gasteiger partial charge in [-0.1, -0.05) is 36.4 Å². The topological polar surface area (TPSA) is 81.7 Å². The van der Waals surface area contributed by atoms with Crippen molar-refractivity contribution in [3.8, 4) is 0 Å². The van der Waals surface area contributed by atoms with E-state index in [2.05, 4.69) is 10.1 Å². The lowest BCUT2D eigenvalue weighted by atomic mass is 10.0. The molecule has 2 aromatic rings. The summed E-state index contributed by atoms with van der Waals surface area (Å²) < 4.78 is 10.3. The lowest BCUT2D eigenvalue weighted by Gasteiger charge is -2.12. The molecule has 1 amide bonds. The highest BCUT2D eigenvalue weighted by atomic mass is 16.6. The highest BCUT2D eigenvalue weighted by Gasteiger charge is 2.30. The van der Waals surface area contributed by atoms with Gasteiger partial charge in [0, 0.05) is 18.1 Å². The Kier molecular flexibility index (Phi) is 4.84. The summed E-state index contributed by atoms with van der Waals surface area (Å²) in [6.07, 6.45) is 0. The van der Waals surface area contributed by atoms with E-state index in [9.17, 15) is 14.4 Å². The van der Waals surface area contributed by atoms with Gasteiger partial charge < -0.3 is 14.8 Å². The summed E-state index contributed by atoms with van der Waals surface area (Å²) in [5.74, 6) is -1.30. The first kappa shape index (κ1) is 17.4. The molecule has 0 unspecified atom stereocenters. The van der Waals surface area contributed by atoms with Crippen LogP contribution in [0.25, 0.3) is 11.3 Å². The highest BCUT2D eigenvalue weighted by molar-refractivity contribution is 6.36. The van der Waals surface area contributed by atoms with Gasteiger partial charge in [-0.25, -0.2) is 4.79 Å². The molecule has 0 aromatic heterocycles. The Morgan fingerprint density at radius 3 is 2.42 bits per heavy atom. The van der Waals surface area contributed by atoms with E-state index < -0.39 is 11.9 Å². The molecule has 6 heteroatoms. The largest absolute Gasteiger partial charge is 0.492 e. The van der Waals surface area contributed by atoms with Crippen molar-refractivity contribution in [3.63, 3.8) is 0 Å². The maximum Gasteiger partial charge on any atom is 0.345 e. The predicted octanol–water partition coefficient (Wildman–Crippen LogP) is 3.25. The molecule has 1 aliphatic heterocycles. The maximum absolute atomic E-state index is 12.6. The minimum Gasteiger partial charge on any atom is -0.492 e. The third kappa shape index (κ3) is 3.35. The van der Waals surface area contributed by atoms with Crippen LogP contribution in [-0.4, -0.2) is 24.5 Å². The summed E-state index contributed by atoms with van der Waals surface area (Å²) in [6, 6.07) is 14.0. The summed E-state index contributed by atoms with van der Waals surface area (Å²) in [7, 11) is 0. The van der Waals surface area contributed by atoms with Crippen molar-refractivity contribution in [1.82, 2.24) is 0 Å². The van der Waals surface area contributed by atoms with Crippen molar-refractivity contribution >= 4 is 34.9 Å². The van der Waals surface area contributed by atoms with E-state index in [1.54, 1.807) is 6.07 Å². The van der Waals surface area contributed by atoms with Gasteiger partial charge in [0.25, 0.3) is 5.91 Å². The fourth-order valence-corrected chi connectivity index (χ4v) is 2.75. The monoisotopic (exact) mass is 351 g/mol. The van der Waals surface area contributed by atoms with Crippen LogP contribution < -0.4 is 5.32 Å². The van der Waals surface area contributed by atoms with Crippen LogP contribution in [0.1, 0.15) is 35.3 Å². The number of hydrogen-bond donors (Lipinski definition) is 1. The molecular weight excluding hydrogens is 334 g/mol. The number of amides is 1. The molecule has 132 valence electrons. The van der Waals surface area contributed by atoms with Crippen LogP contribution in [0, 0.1) is 0 Å². The van der Waals surface area contributed by atoms with Crippen LogP contribution in [-0.2, 0) is 19.1 Å². The van der Waals surface area contributed by atoms with Gasteiger partial charge in [-0.15, -0.1) is 0 Å². The molecule has 0 spiro atoms. The molecule has 3 rings (SSSR count). The number of esters is 2. The molecule has 26 heavy (non-hydrogen) atoms. The minimum atomic E-state index is -0.764. The normalized spacial score (nSPS) is 14.3. The average molecular weight is 351 g/mol. The fraction of sp³-hybridized carbons (Fsp3) is 0.150. The first-order valence-corrected chi connectivity index (χ1v) is 8.12. The number of rotatable bonds is 4. The summed E-state index contributed by atoms with van der Waals surface area (Å²) >= 11 is 0. The van der Waals surface area contributed by atoms with Gasteiger partial charge in [-0.3, -0.25) is 9.59 Å². The Morgan fingerprint density at radius 1 is 1.04 bits per heavy atom. The standard InChI is InChI=1S/C20H17NO5/c1-3-25-18(13-7-5-4-6-8-13)17-15-10-9-14(20(24)26-12(2)22)11-16(15)21-19(17)23/h4-11H,3H2,1-2H3,(H,21,23)/b18-17-. The molecule has 0 saturated heterocycles. The van der Waals surface area contributed by atoms with Crippen LogP contribution in [0.2, 0.25) is 0 Å². The third-order valence-corrected chi connectivity index (χ3v) is 3.79. The van der Waals surface area contributed by atoms with E-state index in [0.29, 0.717) is 29.2 Å². The van der Waals surface area contributed by atoms with Gasteiger partial charge in [0.1, 0.15) is 5.76 Å². The summed E-state index contributed by atoms with van der Waals surface area (Å²) in [4.78, 5) is 35.4. The van der Waals surface area contributed by atoms with E-state index in [4.69, 9.17) is 4.74 Å². The summed E-state index contributed by atoms with van der Waals surface area (Å²) in [6.45, 7) is 3.40. The zero-order valence-electron chi connectivity index (χ0n) is 14.4. The second-order valence-electron chi connectivity index (χ2n) is 5.60. The van der Waals surface area contributed by atoms with E-state index in [-0.39, 0.29) is 11.5 Å². The Hall–Kier alpha value is -3.41. The number of carbonyl (C=O) groups is 3. The second-order valence-corrected chi connectivity index (χ2v) is 5.60. The van der Waals surface area contributed by atoms with Gasteiger partial charge in [0.05, 0.1) is 23.4 Å². The molecule has 1 N–H and O–H groups in total. The summed E-state index contributed by atoms with van der Waals surface area (Å²) in [5.41, 5.74) is 2.46. The van der Waals surface area contributed by atoms with Crippen LogP contribution in [0.4, 0.5) is 5.69 Å². The zero-order chi connectivity index (χ0) is 18.7. The van der Waals surface area contributed by atoms with E-state index in [1.165, 1.54) is 12.1 Å². The zero-order valence-corrected chi connectivity index (χ0v) is 14.4. The number of anilines is 1. The van der Waals surface area contributed by atoms with Gasteiger partial charge >= 0.3 is 11.9 Å². The number of carbonyl (C=O) groups excluding carboxylic acids is 3. The first-order valence-electron chi connectivity index (χ1n) is 8.12. The van der Waals surface area contributed by atoms with Crippen molar-refractivity contribution in [2.24, 2.45) is 0 Å². The van der Waals surface area contributed by atoms with E-state index >= 15 is 0 Å². The van der Waals surface area contributed by atoms with Gasteiger partial charge in [-0.05, 0) is 19.1 Å². The molecule has 0 atom stereocenters. The van der Waals surface area contributed by atoms with Gasteiger partial charge in [-0.2, -0.15) is 0 Å². The van der Waals surface area contributed by atoms with Crippen molar-refractivity contribution in [2.45, 2.75) is 13.8 Å². The maximum atomic E-state index is 12.6. The van der Waals surface area contributed by atoms with Crippen molar-refractivity contribution in [3.05, 3.63) is 65.2 Å².